The fourth-order valence-corrected chi connectivity index (χ4v) is 7.35. The van der Waals surface area contributed by atoms with Crippen molar-refractivity contribution in [2.75, 3.05) is 12.3 Å². The number of nitrogens with one attached hydrogen (secondary N) is 2. The molecule has 0 unspecified atom stereocenters. The second-order valence-electron chi connectivity index (χ2n) is 13.2. The van der Waals surface area contributed by atoms with E-state index in [1.807, 2.05) is 78.9 Å². The third-order valence-corrected chi connectivity index (χ3v) is 10.3. The third-order valence-electron chi connectivity index (χ3n) is 9.33. The molecule has 1 aliphatic rings. The van der Waals surface area contributed by atoms with Crippen LogP contribution in [0.15, 0.2) is 108 Å². The minimum Gasteiger partial charge on any atom is -0.392 e. The molecule has 0 radical (unpaired) electrons. The highest BCUT2D eigenvalue weighted by molar-refractivity contribution is 7.99. The summed E-state index contributed by atoms with van der Waals surface area (Å²) < 4.78 is 15.1. The van der Waals surface area contributed by atoms with E-state index < -0.39 is 6.29 Å². The summed E-state index contributed by atoms with van der Waals surface area (Å²) in [7, 11) is 0. The number of tetrazole rings is 1. The molecular weight excluding hydrogens is 689 g/mol. The first-order chi connectivity index (χ1) is 25.9. The van der Waals surface area contributed by atoms with Gasteiger partial charge in [-0.15, -0.1) is 5.10 Å². The van der Waals surface area contributed by atoms with E-state index in [2.05, 4.69) is 57.3 Å². The first kappa shape index (κ1) is 37.9. The van der Waals surface area contributed by atoms with Gasteiger partial charge in [0, 0.05) is 43.7 Å². The van der Waals surface area contributed by atoms with Crippen molar-refractivity contribution in [3.63, 3.8) is 0 Å². The monoisotopic (exact) mass is 734 g/mol. The maximum absolute atomic E-state index is 12.4. The lowest BCUT2D eigenvalue weighted by atomic mass is 9.91. The van der Waals surface area contributed by atoms with Crippen LogP contribution in [0.5, 0.6) is 0 Å². The number of hydrogen-bond donors (Lipinski definition) is 3. The maximum atomic E-state index is 12.4. The lowest BCUT2D eigenvalue weighted by molar-refractivity contribution is -0.268. The van der Waals surface area contributed by atoms with E-state index in [0.29, 0.717) is 30.4 Å². The van der Waals surface area contributed by atoms with Gasteiger partial charge in [0.1, 0.15) is 0 Å². The average Bonchev–Trinajstić information content (AvgIpc) is 3.67. The highest BCUT2D eigenvalue weighted by Crippen LogP contribution is 2.43. The quantitative estimate of drug-likeness (QED) is 0.0745. The smallest absolute Gasteiger partial charge is 0.220 e. The van der Waals surface area contributed by atoms with Crippen molar-refractivity contribution in [2.24, 2.45) is 5.92 Å². The van der Waals surface area contributed by atoms with Crippen molar-refractivity contribution < 1.29 is 24.2 Å². The molecule has 0 aliphatic carbocycles. The molecule has 6 rings (SSSR count). The van der Waals surface area contributed by atoms with E-state index in [1.165, 1.54) is 6.92 Å². The van der Waals surface area contributed by atoms with Gasteiger partial charge >= 0.3 is 0 Å². The number of para-hydroxylation sites is 1. The molecule has 1 aromatic heterocycles. The van der Waals surface area contributed by atoms with Crippen molar-refractivity contribution in [2.45, 2.75) is 76.3 Å². The van der Waals surface area contributed by atoms with Gasteiger partial charge in [-0.1, -0.05) is 110 Å². The van der Waals surface area contributed by atoms with Gasteiger partial charge < -0.3 is 25.2 Å². The summed E-state index contributed by atoms with van der Waals surface area (Å²) in [4.78, 5) is 23.4. The second kappa shape index (κ2) is 18.7. The molecule has 0 bridgehead atoms. The Kier molecular flexibility index (Phi) is 13.4. The highest BCUT2D eigenvalue weighted by atomic mass is 32.2. The third kappa shape index (κ3) is 10.4. The van der Waals surface area contributed by atoms with Crippen LogP contribution in [0.2, 0.25) is 0 Å². The van der Waals surface area contributed by atoms with Crippen LogP contribution in [0.4, 0.5) is 0 Å². The number of carbonyl (C=O) groups is 2. The molecule has 5 aromatic rings. The molecule has 1 aliphatic heterocycles. The number of amides is 2. The Labute approximate surface area is 314 Å². The molecule has 2 heterocycles. The molecule has 3 N–H and O–H groups in total. The molecule has 12 heteroatoms. The van der Waals surface area contributed by atoms with Crippen molar-refractivity contribution in [3.05, 3.63) is 125 Å². The molecule has 11 nitrogen and oxygen atoms in total. The second-order valence-corrected chi connectivity index (χ2v) is 14.2. The first-order valence-corrected chi connectivity index (χ1v) is 19.0. The summed E-state index contributed by atoms with van der Waals surface area (Å²) in [6.07, 6.45) is 1.98. The minimum atomic E-state index is -0.606. The Morgan fingerprint density at radius 1 is 0.830 bits per heavy atom. The van der Waals surface area contributed by atoms with Crippen LogP contribution in [0.25, 0.3) is 16.8 Å². The summed E-state index contributed by atoms with van der Waals surface area (Å²) in [5, 5.41) is 28.5. The molecule has 0 saturated carbocycles. The molecular formula is C41H46N6O5S. The number of carbonyl (C=O) groups excluding carboxylic acids is 2. The Bertz CT molecular complexity index is 1920. The first-order valence-electron chi connectivity index (χ1n) is 18.1. The van der Waals surface area contributed by atoms with Crippen LogP contribution in [-0.4, -0.2) is 55.5 Å². The number of nitrogens with zero attached hydrogens (tertiary/aromatic N) is 4. The summed E-state index contributed by atoms with van der Waals surface area (Å²) in [6.45, 7) is 4.73. The van der Waals surface area contributed by atoms with Crippen LogP contribution in [0, 0.1) is 5.92 Å². The van der Waals surface area contributed by atoms with Crippen molar-refractivity contribution in [3.8, 4) is 16.8 Å². The van der Waals surface area contributed by atoms with Gasteiger partial charge in [-0.3, -0.25) is 9.59 Å². The largest absolute Gasteiger partial charge is 0.392 e. The number of aliphatic hydroxyl groups excluding tert-OH is 1. The van der Waals surface area contributed by atoms with Gasteiger partial charge in [-0.05, 0) is 69.3 Å². The summed E-state index contributed by atoms with van der Waals surface area (Å²) in [5.74, 6) is 0.617. The number of rotatable bonds is 16. The Balaban J connectivity index is 1.11. The van der Waals surface area contributed by atoms with E-state index in [9.17, 15) is 14.7 Å². The van der Waals surface area contributed by atoms with E-state index in [-0.39, 0.29) is 36.5 Å². The molecule has 4 aromatic carbocycles. The molecule has 0 spiro atoms. The van der Waals surface area contributed by atoms with Crippen LogP contribution >= 0.6 is 11.8 Å². The van der Waals surface area contributed by atoms with Crippen molar-refractivity contribution in [1.82, 2.24) is 30.8 Å². The van der Waals surface area contributed by atoms with Gasteiger partial charge in [-0.2, -0.15) is 4.68 Å². The standard InChI is InChI=1S/C41H46N6O5S/c1-28-37(27-53-41-44-45-46-47(41)36-12-5-3-6-13-36)51-40(52-39(28)33-17-15-30(26-48)16-18-33)34-21-19-32(20-22-34)35-11-9-10-31(24-35)25-43-38(50)14-7-4-8-23-42-29(2)49/h3,5-6,9-13,15-22,24,28,37,39-40,48H,4,7-8,14,23,25-27H2,1-2H3,(H,42,49)(H,43,50)/t28-,37+,39+,40+/m0/s1. The fourth-order valence-electron chi connectivity index (χ4n) is 6.30. The summed E-state index contributed by atoms with van der Waals surface area (Å²) in [5.41, 5.74) is 6.77. The summed E-state index contributed by atoms with van der Waals surface area (Å²) in [6, 6.07) is 34.1. The zero-order valence-electron chi connectivity index (χ0n) is 30.1. The van der Waals surface area contributed by atoms with Gasteiger partial charge in [0.25, 0.3) is 0 Å². The van der Waals surface area contributed by atoms with Crippen LogP contribution in [0.1, 0.15) is 74.2 Å². The van der Waals surface area contributed by atoms with E-state index in [0.717, 1.165) is 58.3 Å². The number of hydrogen-bond acceptors (Lipinski definition) is 9. The van der Waals surface area contributed by atoms with Gasteiger partial charge in [0.15, 0.2) is 6.29 Å². The van der Waals surface area contributed by atoms with Crippen LogP contribution < -0.4 is 10.6 Å². The van der Waals surface area contributed by atoms with Crippen molar-refractivity contribution >= 4 is 23.6 Å². The van der Waals surface area contributed by atoms with Crippen molar-refractivity contribution in [1.29, 1.82) is 0 Å². The van der Waals surface area contributed by atoms with Gasteiger partial charge in [0.2, 0.25) is 17.0 Å². The van der Waals surface area contributed by atoms with E-state index >= 15 is 0 Å². The van der Waals surface area contributed by atoms with Gasteiger partial charge in [-0.25, -0.2) is 0 Å². The number of ether oxygens (including phenoxy) is 2. The molecule has 1 fully saturated rings. The van der Waals surface area contributed by atoms with Crippen LogP contribution in [0.3, 0.4) is 0 Å². The van der Waals surface area contributed by atoms with E-state index in [1.54, 1.807) is 16.4 Å². The molecule has 1 saturated heterocycles. The number of aliphatic hydroxyl groups is 1. The normalized spacial score (nSPS) is 18.4. The Morgan fingerprint density at radius 3 is 2.36 bits per heavy atom. The number of benzene rings is 4. The minimum absolute atomic E-state index is 0.0114. The van der Waals surface area contributed by atoms with Gasteiger partial charge in [0.05, 0.1) is 24.5 Å². The zero-order valence-corrected chi connectivity index (χ0v) is 30.9. The van der Waals surface area contributed by atoms with E-state index in [4.69, 9.17) is 9.47 Å². The van der Waals surface area contributed by atoms with Crippen LogP contribution in [-0.2, 0) is 32.2 Å². The Hall–Kier alpha value is -4.88. The highest BCUT2D eigenvalue weighted by Gasteiger charge is 2.38. The number of thioether (sulfide) groups is 1. The lowest BCUT2D eigenvalue weighted by Gasteiger charge is -2.41. The number of unbranched alkanes of at least 4 members (excludes halogenated alkanes) is 2. The molecule has 2 amide bonds. The average molecular weight is 735 g/mol. The predicted molar refractivity (Wildman–Crippen MR) is 204 cm³/mol. The SMILES string of the molecule is CC(=O)NCCCCCC(=O)NCc1cccc(-c2ccc([C@@H]3O[C@H](CSc4nnnn4-c4ccccc4)[C@H](C)[C@H](c4ccc(CO)cc4)O3)cc2)c1. The molecule has 4 atom stereocenters. The fraction of sp³-hybridized carbons (Fsp3) is 0.341. The topological polar surface area (TPSA) is 140 Å². The zero-order chi connectivity index (χ0) is 37.0. The summed E-state index contributed by atoms with van der Waals surface area (Å²) >= 11 is 1.55. The lowest BCUT2D eigenvalue weighted by Crippen LogP contribution is -2.38. The molecule has 53 heavy (non-hydrogen) atoms. The number of aromatic nitrogens is 4. The predicted octanol–water partition coefficient (Wildman–Crippen LogP) is 6.72. The maximum Gasteiger partial charge on any atom is 0.220 e. The molecule has 276 valence electrons. The Morgan fingerprint density at radius 2 is 1.60 bits per heavy atom.